The van der Waals surface area contributed by atoms with E-state index < -0.39 is 0 Å². The molecule has 0 atom stereocenters. The van der Waals surface area contributed by atoms with E-state index in [1.165, 1.54) is 44.5 Å². The highest BCUT2D eigenvalue weighted by Crippen LogP contribution is 2.14. The number of piperidine rings is 1. The van der Waals surface area contributed by atoms with Gasteiger partial charge in [-0.1, -0.05) is 11.6 Å². The van der Waals surface area contributed by atoms with E-state index in [0.717, 1.165) is 18.8 Å². The van der Waals surface area contributed by atoms with Crippen LogP contribution in [0.4, 0.5) is 15.9 Å². The molecule has 0 saturated carbocycles. The van der Waals surface area contributed by atoms with Gasteiger partial charge in [0.25, 0.3) is 0 Å². The molecule has 0 unspecified atom stereocenters. The van der Waals surface area contributed by atoms with Crippen LogP contribution >= 0.6 is 12.4 Å². The van der Waals surface area contributed by atoms with Crippen molar-refractivity contribution in [3.05, 3.63) is 36.3 Å². The minimum atomic E-state index is -0.245. The number of hydrogen-bond donors (Lipinski definition) is 1. The molecule has 3 rings (SSSR count). The van der Waals surface area contributed by atoms with Gasteiger partial charge in [0, 0.05) is 12.2 Å². The molecular formula is C15H21ClFN5. The van der Waals surface area contributed by atoms with E-state index in [2.05, 4.69) is 20.5 Å². The van der Waals surface area contributed by atoms with E-state index in [-0.39, 0.29) is 18.2 Å². The van der Waals surface area contributed by atoms with E-state index in [1.807, 2.05) is 10.9 Å². The largest absolute Gasteiger partial charge is 0.337 e. The first kappa shape index (κ1) is 16.7. The second kappa shape index (κ2) is 8.10. The molecule has 1 aromatic heterocycles. The van der Waals surface area contributed by atoms with Crippen LogP contribution in [-0.2, 0) is 6.54 Å². The van der Waals surface area contributed by atoms with Crippen LogP contribution in [0.15, 0.2) is 30.5 Å². The molecular weight excluding hydrogens is 305 g/mol. The van der Waals surface area contributed by atoms with Crippen LogP contribution < -0.4 is 5.32 Å². The van der Waals surface area contributed by atoms with Gasteiger partial charge in [0.1, 0.15) is 5.82 Å². The van der Waals surface area contributed by atoms with Crippen LogP contribution in [0.3, 0.4) is 0 Å². The number of aromatic nitrogens is 3. The minimum Gasteiger partial charge on any atom is -0.337 e. The first-order valence-electron chi connectivity index (χ1n) is 7.45. The van der Waals surface area contributed by atoms with Crippen molar-refractivity contribution >= 4 is 23.9 Å². The fourth-order valence-electron chi connectivity index (χ4n) is 2.57. The number of benzene rings is 1. The number of halogens is 2. The zero-order valence-corrected chi connectivity index (χ0v) is 13.2. The van der Waals surface area contributed by atoms with Crippen LogP contribution in [-0.4, -0.2) is 39.5 Å². The molecule has 5 nitrogen and oxygen atoms in total. The average Bonchev–Trinajstić information content (AvgIpc) is 2.96. The number of anilines is 2. The highest BCUT2D eigenvalue weighted by molar-refractivity contribution is 5.85. The minimum absolute atomic E-state index is 0. The number of nitrogens with one attached hydrogen (secondary N) is 1. The van der Waals surface area contributed by atoms with Gasteiger partial charge in [-0.25, -0.2) is 9.07 Å². The molecule has 120 valence electrons. The van der Waals surface area contributed by atoms with Gasteiger partial charge < -0.3 is 10.2 Å². The Balaban J connectivity index is 0.00000176. The van der Waals surface area contributed by atoms with Gasteiger partial charge in [-0.3, -0.25) is 0 Å². The second-order valence-electron chi connectivity index (χ2n) is 5.40. The third-order valence-electron chi connectivity index (χ3n) is 3.75. The lowest BCUT2D eigenvalue weighted by atomic mass is 10.1. The molecule has 1 aliphatic rings. The van der Waals surface area contributed by atoms with E-state index in [0.29, 0.717) is 5.82 Å². The molecule has 0 aliphatic carbocycles. The summed E-state index contributed by atoms with van der Waals surface area (Å²) in [7, 11) is 0. The molecule has 1 aromatic carbocycles. The van der Waals surface area contributed by atoms with Crippen molar-refractivity contribution in [2.45, 2.75) is 25.8 Å². The predicted molar refractivity (Wildman–Crippen MR) is 87.2 cm³/mol. The van der Waals surface area contributed by atoms with Gasteiger partial charge in [-0.15, -0.1) is 17.5 Å². The Morgan fingerprint density at radius 2 is 1.77 bits per heavy atom. The zero-order chi connectivity index (χ0) is 14.5. The molecule has 2 aromatic rings. The quantitative estimate of drug-likeness (QED) is 0.917. The molecule has 0 radical (unpaired) electrons. The van der Waals surface area contributed by atoms with Crippen molar-refractivity contribution < 1.29 is 4.39 Å². The molecule has 0 amide bonds. The van der Waals surface area contributed by atoms with Crippen LogP contribution in [0, 0.1) is 5.82 Å². The number of nitrogens with zero attached hydrogens (tertiary/aromatic N) is 4. The molecule has 22 heavy (non-hydrogen) atoms. The molecule has 1 fully saturated rings. The lowest BCUT2D eigenvalue weighted by Gasteiger charge is -2.25. The predicted octanol–water partition coefficient (Wildman–Crippen LogP) is 3.07. The van der Waals surface area contributed by atoms with Gasteiger partial charge in [0.05, 0.1) is 12.7 Å². The fraction of sp³-hybridized carbons (Fsp3) is 0.467. The number of likely N-dealkylation sites (tertiary alicyclic amines) is 1. The summed E-state index contributed by atoms with van der Waals surface area (Å²) >= 11 is 0. The number of hydrogen-bond acceptors (Lipinski definition) is 4. The second-order valence-corrected chi connectivity index (χ2v) is 5.40. The fourth-order valence-corrected chi connectivity index (χ4v) is 2.57. The molecule has 1 aliphatic heterocycles. The smallest absolute Gasteiger partial charge is 0.172 e. The van der Waals surface area contributed by atoms with Crippen LogP contribution in [0.25, 0.3) is 0 Å². The van der Waals surface area contributed by atoms with Gasteiger partial charge in [-0.2, -0.15) is 0 Å². The average molecular weight is 326 g/mol. The molecule has 1 N–H and O–H groups in total. The summed E-state index contributed by atoms with van der Waals surface area (Å²) in [6, 6.07) is 6.20. The van der Waals surface area contributed by atoms with Crippen LogP contribution in [0.1, 0.15) is 19.3 Å². The SMILES string of the molecule is Cl.Fc1ccc(Nc2cn(CCN3CCCCC3)nn2)cc1. The Morgan fingerprint density at radius 3 is 2.50 bits per heavy atom. The van der Waals surface area contributed by atoms with E-state index in [9.17, 15) is 4.39 Å². The lowest BCUT2D eigenvalue weighted by molar-refractivity contribution is 0.217. The third-order valence-corrected chi connectivity index (χ3v) is 3.75. The summed E-state index contributed by atoms with van der Waals surface area (Å²) in [6.45, 7) is 4.24. The van der Waals surface area contributed by atoms with Crippen LogP contribution in [0.2, 0.25) is 0 Å². The summed E-state index contributed by atoms with van der Waals surface area (Å²) in [4.78, 5) is 2.47. The van der Waals surface area contributed by atoms with E-state index in [1.54, 1.807) is 12.1 Å². The maximum atomic E-state index is 12.8. The molecule has 2 heterocycles. The van der Waals surface area contributed by atoms with E-state index >= 15 is 0 Å². The van der Waals surface area contributed by atoms with Crippen molar-refractivity contribution in [1.29, 1.82) is 0 Å². The summed E-state index contributed by atoms with van der Waals surface area (Å²) in [5, 5.41) is 11.3. The summed E-state index contributed by atoms with van der Waals surface area (Å²) in [6.07, 6.45) is 5.84. The van der Waals surface area contributed by atoms with Gasteiger partial charge in [-0.05, 0) is 50.2 Å². The zero-order valence-electron chi connectivity index (χ0n) is 12.4. The maximum Gasteiger partial charge on any atom is 0.172 e. The highest BCUT2D eigenvalue weighted by Gasteiger charge is 2.10. The first-order chi connectivity index (χ1) is 10.3. The van der Waals surface area contributed by atoms with Gasteiger partial charge >= 0.3 is 0 Å². The Morgan fingerprint density at radius 1 is 1.05 bits per heavy atom. The van der Waals surface area contributed by atoms with Crippen molar-refractivity contribution in [1.82, 2.24) is 19.9 Å². The Kier molecular flexibility index (Phi) is 6.15. The Hall–Kier alpha value is -1.66. The Labute approximate surface area is 135 Å². The third kappa shape index (κ3) is 4.68. The van der Waals surface area contributed by atoms with Gasteiger partial charge in [0.2, 0.25) is 0 Å². The van der Waals surface area contributed by atoms with Gasteiger partial charge in [0.15, 0.2) is 5.82 Å². The molecule has 0 spiro atoms. The number of rotatable bonds is 5. The van der Waals surface area contributed by atoms with Crippen LogP contribution in [0.5, 0.6) is 0 Å². The van der Waals surface area contributed by atoms with Crippen molar-refractivity contribution in [3.63, 3.8) is 0 Å². The van der Waals surface area contributed by atoms with E-state index in [4.69, 9.17) is 0 Å². The maximum absolute atomic E-state index is 12.8. The topological polar surface area (TPSA) is 46.0 Å². The normalized spacial score (nSPS) is 15.3. The molecule has 7 heteroatoms. The molecule has 0 bridgehead atoms. The van der Waals surface area contributed by atoms with Crippen molar-refractivity contribution in [2.75, 3.05) is 25.0 Å². The standard InChI is InChI=1S/C15H20FN5.ClH/c16-13-4-6-14(7-5-13)17-15-12-21(19-18-15)11-10-20-8-2-1-3-9-20;/h4-7,12,17H,1-3,8-11H2;1H. The lowest BCUT2D eigenvalue weighted by Crippen LogP contribution is -2.32. The summed E-state index contributed by atoms with van der Waals surface area (Å²) in [5.74, 6) is 0.436. The Bertz CT molecular complexity index is 566. The summed E-state index contributed by atoms with van der Waals surface area (Å²) < 4.78 is 14.7. The monoisotopic (exact) mass is 325 g/mol. The first-order valence-corrected chi connectivity index (χ1v) is 7.45. The summed E-state index contributed by atoms with van der Waals surface area (Å²) in [5.41, 5.74) is 0.805. The molecule has 1 saturated heterocycles. The van der Waals surface area contributed by atoms with Crippen molar-refractivity contribution in [2.24, 2.45) is 0 Å². The van der Waals surface area contributed by atoms with Crippen molar-refractivity contribution in [3.8, 4) is 0 Å². The highest BCUT2D eigenvalue weighted by atomic mass is 35.5.